The van der Waals surface area contributed by atoms with Crippen LogP contribution in [0.5, 0.6) is 0 Å². The Balaban J connectivity index is 2.02. The minimum Gasteiger partial charge on any atom is -0.314 e. The van der Waals surface area contributed by atoms with E-state index in [0.717, 1.165) is 24.6 Å². The summed E-state index contributed by atoms with van der Waals surface area (Å²) in [6, 6.07) is 5.79. The van der Waals surface area contributed by atoms with Crippen LogP contribution in [0.1, 0.15) is 39.2 Å². The third-order valence-corrected chi connectivity index (χ3v) is 4.21. The molecule has 1 fully saturated rings. The highest BCUT2D eigenvalue weighted by molar-refractivity contribution is 6.30. The summed E-state index contributed by atoms with van der Waals surface area (Å²) in [5.74, 6) is 0.184. The molecule has 1 atom stereocenters. The Labute approximate surface area is 120 Å². The molecule has 0 spiro atoms. The fourth-order valence-electron chi connectivity index (χ4n) is 2.23. The quantitative estimate of drug-likeness (QED) is 0.843. The van der Waals surface area contributed by atoms with Gasteiger partial charge in [-0.2, -0.15) is 0 Å². The third-order valence-electron chi connectivity index (χ3n) is 3.92. The Morgan fingerprint density at radius 3 is 2.58 bits per heavy atom. The van der Waals surface area contributed by atoms with Crippen LogP contribution >= 0.6 is 11.6 Å². The van der Waals surface area contributed by atoms with Gasteiger partial charge in [-0.15, -0.1) is 0 Å². The molecule has 0 amide bonds. The Morgan fingerprint density at radius 1 is 1.37 bits per heavy atom. The number of halogens is 2. The zero-order valence-corrected chi connectivity index (χ0v) is 12.7. The predicted molar refractivity (Wildman–Crippen MR) is 79.1 cm³/mol. The lowest BCUT2D eigenvalue weighted by molar-refractivity contribution is 0.230. The molecule has 1 N–H and O–H groups in total. The van der Waals surface area contributed by atoms with E-state index in [4.69, 9.17) is 11.6 Å². The Morgan fingerprint density at radius 2 is 2.05 bits per heavy atom. The number of rotatable bonds is 5. The van der Waals surface area contributed by atoms with E-state index >= 15 is 0 Å². The van der Waals surface area contributed by atoms with Gasteiger partial charge in [0.1, 0.15) is 5.82 Å². The summed E-state index contributed by atoms with van der Waals surface area (Å²) in [5, 5.41) is 3.82. The average Bonchev–Trinajstić information content (AvgIpc) is 3.11. The largest absolute Gasteiger partial charge is 0.314 e. The van der Waals surface area contributed by atoms with Crippen LogP contribution in [0, 0.1) is 17.2 Å². The van der Waals surface area contributed by atoms with E-state index in [0.29, 0.717) is 5.92 Å². The van der Waals surface area contributed by atoms with Crippen LogP contribution in [-0.2, 0) is 6.42 Å². The van der Waals surface area contributed by atoms with Crippen molar-refractivity contribution in [1.82, 2.24) is 5.32 Å². The van der Waals surface area contributed by atoms with Gasteiger partial charge in [-0.3, -0.25) is 0 Å². The SMILES string of the molecule is CC(C)(C)C(CNC1CC1)Cc1ccc(F)c(Cl)c1. The molecule has 2 rings (SSSR count). The maximum atomic E-state index is 13.2. The highest BCUT2D eigenvalue weighted by atomic mass is 35.5. The predicted octanol–water partition coefficient (Wildman–Crippen LogP) is 4.44. The molecular formula is C16H23ClFN. The lowest BCUT2D eigenvalue weighted by Gasteiger charge is -2.31. The summed E-state index contributed by atoms with van der Waals surface area (Å²) in [6.45, 7) is 7.80. The average molecular weight is 284 g/mol. The van der Waals surface area contributed by atoms with E-state index < -0.39 is 0 Å². The second-order valence-electron chi connectivity index (χ2n) is 6.70. The van der Waals surface area contributed by atoms with Crippen LogP contribution in [-0.4, -0.2) is 12.6 Å². The number of benzene rings is 1. The van der Waals surface area contributed by atoms with Crippen LogP contribution < -0.4 is 5.32 Å². The monoisotopic (exact) mass is 283 g/mol. The van der Waals surface area contributed by atoms with E-state index in [2.05, 4.69) is 26.1 Å². The Kier molecular flexibility index (Phi) is 4.52. The molecule has 19 heavy (non-hydrogen) atoms. The van der Waals surface area contributed by atoms with E-state index in [1.165, 1.54) is 18.9 Å². The third kappa shape index (κ3) is 4.47. The maximum Gasteiger partial charge on any atom is 0.141 e. The van der Waals surface area contributed by atoms with Crippen LogP contribution in [0.15, 0.2) is 18.2 Å². The Bertz CT molecular complexity index is 435. The van der Waals surface area contributed by atoms with Gasteiger partial charge in [0.2, 0.25) is 0 Å². The topological polar surface area (TPSA) is 12.0 Å². The molecule has 1 unspecified atom stereocenters. The van der Waals surface area contributed by atoms with Crippen LogP contribution in [0.2, 0.25) is 5.02 Å². The van der Waals surface area contributed by atoms with Crippen molar-refractivity contribution >= 4 is 11.6 Å². The first-order valence-electron chi connectivity index (χ1n) is 7.03. The molecular weight excluding hydrogens is 261 g/mol. The van der Waals surface area contributed by atoms with Crippen molar-refractivity contribution < 1.29 is 4.39 Å². The van der Waals surface area contributed by atoms with Crippen LogP contribution in [0.4, 0.5) is 4.39 Å². The van der Waals surface area contributed by atoms with Gasteiger partial charge in [-0.05, 0) is 54.8 Å². The van der Waals surface area contributed by atoms with Crippen molar-refractivity contribution in [1.29, 1.82) is 0 Å². The van der Waals surface area contributed by atoms with E-state index in [9.17, 15) is 4.39 Å². The molecule has 1 nitrogen and oxygen atoms in total. The summed E-state index contributed by atoms with van der Waals surface area (Å²) in [7, 11) is 0. The highest BCUT2D eigenvalue weighted by Crippen LogP contribution is 2.31. The van der Waals surface area contributed by atoms with E-state index in [1.54, 1.807) is 6.07 Å². The minimum absolute atomic E-state index is 0.223. The van der Waals surface area contributed by atoms with Gasteiger partial charge in [0.25, 0.3) is 0 Å². The fraction of sp³-hybridized carbons (Fsp3) is 0.625. The summed E-state index contributed by atoms with van der Waals surface area (Å²) in [5.41, 5.74) is 1.34. The fourth-order valence-corrected chi connectivity index (χ4v) is 2.44. The zero-order chi connectivity index (χ0) is 14.0. The smallest absolute Gasteiger partial charge is 0.141 e. The first-order valence-corrected chi connectivity index (χ1v) is 7.41. The van der Waals surface area contributed by atoms with Crippen molar-refractivity contribution in [2.75, 3.05) is 6.54 Å². The number of hydrogen-bond acceptors (Lipinski definition) is 1. The minimum atomic E-state index is -0.339. The molecule has 3 heteroatoms. The summed E-state index contributed by atoms with van der Waals surface area (Å²) in [6.07, 6.45) is 3.54. The van der Waals surface area contributed by atoms with Crippen molar-refractivity contribution in [3.05, 3.63) is 34.6 Å². The van der Waals surface area contributed by atoms with Gasteiger partial charge in [-0.25, -0.2) is 4.39 Å². The van der Waals surface area contributed by atoms with Crippen LogP contribution in [0.3, 0.4) is 0 Å². The number of hydrogen-bond donors (Lipinski definition) is 1. The molecule has 0 radical (unpaired) electrons. The second kappa shape index (κ2) is 5.80. The second-order valence-corrected chi connectivity index (χ2v) is 7.11. The summed E-state index contributed by atoms with van der Waals surface area (Å²) < 4.78 is 13.2. The van der Waals surface area contributed by atoms with Gasteiger partial charge >= 0.3 is 0 Å². The normalized spacial score (nSPS) is 17.5. The molecule has 1 saturated carbocycles. The molecule has 0 aromatic heterocycles. The van der Waals surface area contributed by atoms with Crippen molar-refractivity contribution in [2.24, 2.45) is 11.3 Å². The lowest BCUT2D eigenvalue weighted by atomic mass is 9.77. The molecule has 1 aromatic carbocycles. The Hall–Kier alpha value is -0.600. The van der Waals surface area contributed by atoms with Gasteiger partial charge in [0.15, 0.2) is 0 Å². The molecule has 1 aromatic rings. The number of nitrogens with one attached hydrogen (secondary N) is 1. The maximum absolute atomic E-state index is 13.2. The first kappa shape index (κ1) is 14.8. The van der Waals surface area contributed by atoms with Gasteiger partial charge in [0.05, 0.1) is 5.02 Å². The standard InChI is InChI=1S/C16H23ClFN/c1-16(2,3)12(10-19-13-5-6-13)8-11-4-7-15(18)14(17)9-11/h4,7,9,12-13,19H,5-6,8,10H2,1-3H3. The highest BCUT2D eigenvalue weighted by Gasteiger charge is 2.28. The van der Waals surface area contributed by atoms with Gasteiger partial charge in [-0.1, -0.05) is 38.4 Å². The van der Waals surface area contributed by atoms with E-state index in [-0.39, 0.29) is 16.3 Å². The van der Waals surface area contributed by atoms with Crippen LogP contribution in [0.25, 0.3) is 0 Å². The van der Waals surface area contributed by atoms with E-state index in [1.807, 2.05) is 6.07 Å². The molecule has 0 bridgehead atoms. The molecule has 0 heterocycles. The molecule has 0 aliphatic heterocycles. The lowest BCUT2D eigenvalue weighted by Crippen LogP contribution is -2.34. The molecule has 0 saturated heterocycles. The molecule has 1 aliphatic carbocycles. The molecule has 1 aliphatic rings. The van der Waals surface area contributed by atoms with Gasteiger partial charge in [0, 0.05) is 6.04 Å². The zero-order valence-electron chi connectivity index (χ0n) is 12.0. The van der Waals surface area contributed by atoms with Crippen molar-refractivity contribution in [3.63, 3.8) is 0 Å². The summed E-state index contributed by atoms with van der Waals surface area (Å²) in [4.78, 5) is 0. The first-order chi connectivity index (χ1) is 8.86. The van der Waals surface area contributed by atoms with Crippen molar-refractivity contribution in [2.45, 2.75) is 46.1 Å². The summed E-state index contributed by atoms with van der Waals surface area (Å²) >= 11 is 5.86. The van der Waals surface area contributed by atoms with Gasteiger partial charge < -0.3 is 5.32 Å². The van der Waals surface area contributed by atoms with Crippen molar-refractivity contribution in [3.8, 4) is 0 Å². The molecule has 106 valence electrons.